The Morgan fingerprint density at radius 2 is 1.67 bits per heavy atom. The molecule has 0 unspecified atom stereocenters. The van der Waals surface area contributed by atoms with Crippen LogP contribution in [0.3, 0.4) is 0 Å². The Labute approximate surface area is 141 Å². The van der Waals surface area contributed by atoms with Crippen LogP contribution in [0, 0.1) is 13.8 Å². The molecule has 0 bridgehead atoms. The number of aryl methyl sites for hydroxylation is 2. The molecule has 24 heavy (non-hydrogen) atoms. The second-order valence-corrected chi connectivity index (χ2v) is 6.91. The van der Waals surface area contributed by atoms with Crippen LogP contribution in [-0.4, -0.2) is 28.6 Å². The van der Waals surface area contributed by atoms with Crippen molar-refractivity contribution in [2.24, 2.45) is 0 Å². The molecule has 0 fully saturated rings. The van der Waals surface area contributed by atoms with E-state index in [1.165, 1.54) is 38.5 Å². The Morgan fingerprint density at radius 3 is 2.21 bits per heavy atom. The van der Waals surface area contributed by atoms with Crippen molar-refractivity contribution >= 4 is 21.7 Å². The Balaban J connectivity index is 2.37. The zero-order chi connectivity index (χ0) is 17.9. The molecule has 2 rings (SSSR count). The maximum atomic E-state index is 12.7. The highest BCUT2D eigenvalue weighted by Crippen LogP contribution is 2.30. The van der Waals surface area contributed by atoms with Crippen molar-refractivity contribution < 1.29 is 22.7 Å². The largest absolute Gasteiger partial charge is 0.495 e. The lowest BCUT2D eigenvalue weighted by molar-refractivity contribution is 0.0601. The quantitative estimate of drug-likeness (QED) is 0.840. The third-order valence-electron chi connectivity index (χ3n) is 3.43. The van der Waals surface area contributed by atoms with E-state index in [0.29, 0.717) is 16.8 Å². The standard InChI is InChI=1S/C17H19NO5S/c1-11-9-12(2)16(15(10-11)22-3)24(20,21)18-14-7-5-13(6-8-14)17(19)23-4/h5-10,18H,1-4H3. The molecule has 0 aliphatic rings. The number of rotatable bonds is 5. The van der Waals surface area contributed by atoms with E-state index in [9.17, 15) is 13.2 Å². The number of benzene rings is 2. The molecule has 0 amide bonds. The predicted octanol–water partition coefficient (Wildman–Crippen LogP) is 2.90. The first kappa shape index (κ1) is 17.8. The van der Waals surface area contributed by atoms with Crippen LogP contribution in [0.2, 0.25) is 0 Å². The van der Waals surface area contributed by atoms with Crippen molar-refractivity contribution in [2.45, 2.75) is 18.7 Å². The number of anilines is 1. The Bertz CT molecular complexity index is 857. The summed E-state index contributed by atoms with van der Waals surface area (Å²) in [6.07, 6.45) is 0. The summed E-state index contributed by atoms with van der Waals surface area (Å²) in [6.45, 7) is 3.58. The first-order valence-electron chi connectivity index (χ1n) is 7.15. The summed E-state index contributed by atoms with van der Waals surface area (Å²) in [5.41, 5.74) is 2.17. The zero-order valence-electron chi connectivity index (χ0n) is 13.9. The maximum absolute atomic E-state index is 12.7. The third-order valence-corrected chi connectivity index (χ3v) is 5.00. The lowest BCUT2D eigenvalue weighted by Crippen LogP contribution is -2.16. The topological polar surface area (TPSA) is 81.7 Å². The average molecular weight is 349 g/mol. The molecule has 128 valence electrons. The van der Waals surface area contributed by atoms with Crippen molar-refractivity contribution in [2.75, 3.05) is 18.9 Å². The van der Waals surface area contributed by atoms with Gasteiger partial charge in [-0.05, 0) is 55.3 Å². The van der Waals surface area contributed by atoms with Crippen molar-refractivity contribution in [3.63, 3.8) is 0 Å². The normalized spacial score (nSPS) is 11.0. The van der Waals surface area contributed by atoms with Crippen LogP contribution in [0.15, 0.2) is 41.3 Å². The first-order valence-corrected chi connectivity index (χ1v) is 8.63. The van der Waals surface area contributed by atoms with Crippen LogP contribution in [0.5, 0.6) is 5.75 Å². The summed E-state index contributed by atoms with van der Waals surface area (Å²) in [5, 5.41) is 0. The lowest BCUT2D eigenvalue weighted by atomic mass is 10.1. The summed E-state index contributed by atoms with van der Waals surface area (Å²) < 4.78 is 37.7. The van der Waals surface area contributed by atoms with Gasteiger partial charge in [0.1, 0.15) is 10.6 Å². The summed E-state index contributed by atoms with van der Waals surface area (Å²) in [4.78, 5) is 11.5. The van der Waals surface area contributed by atoms with Gasteiger partial charge in [-0.15, -0.1) is 0 Å². The van der Waals surface area contributed by atoms with Crippen LogP contribution in [0.25, 0.3) is 0 Å². The monoisotopic (exact) mass is 349 g/mol. The molecule has 0 spiro atoms. The second-order valence-electron chi connectivity index (χ2n) is 5.29. The van der Waals surface area contributed by atoms with Gasteiger partial charge in [0.25, 0.3) is 10.0 Å². The van der Waals surface area contributed by atoms with Crippen LogP contribution < -0.4 is 9.46 Å². The average Bonchev–Trinajstić information content (AvgIpc) is 2.53. The van der Waals surface area contributed by atoms with Gasteiger partial charge in [0.2, 0.25) is 0 Å². The fourth-order valence-corrected chi connectivity index (χ4v) is 3.85. The van der Waals surface area contributed by atoms with Crippen molar-refractivity contribution in [1.29, 1.82) is 0 Å². The Kier molecular flexibility index (Phi) is 5.14. The minimum Gasteiger partial charge on any atom is -0.495 e. The van der Waals surface area contributed by atoms with E-state index in [2.05, 4.69) is 9.46 Å². The van der Waals surface area contributed by atoms with E-state index in [1.54, 1.807) is 19.1 Å². The highest BCUT2D eigenvalue weighted by molar-refractivity contribution is 7.92. The van der Waals surface area contributed by atoms with Crippen LogP contribution >= 0.6 is 0 Å². The highest BCUT2D eigenvalue weighted by Gasteiger charge is 2.23. The SMILES string of the molecule is COC(=O)c1ccc(NS(=O)(=O)c2c(C)cc(C)cc2OC)cc1. The minimum absolute atomic E-state index is 0.0904. The van der Waals surface area contributed by atoms with E-state index in [0.717, 1.165) is 5.56 Å². The summed E-state index contributed by atoms with van der Waals surface area (Å²) in [6, 6.07) is 9.42. The fraction of sp³-hybridized carbons (Fsp3) is 0.235. The van der Waals surface area contributed by atoms with Gasteiger partial charge in [-0.2, -0.15) is 0 Å². The molecule has 0 saturated heterocycles. The van der Waals surface area contributed by atoms with Crippen molar-refractivity contribution in [3.05, 3.63) is 53.1 Å². The minimum atomic E-state index is -3.83. The summed E-state index contributed by atoms with van der Waals surface area (Å²) in [7, 11) is -1.12. The molecule has 0 heterocycles. The maximum Gasteiger partial charge on any atom is 0.337 e. The number of methoxy groups -OCH3 is 2. The molecular weight excluding hydrogens is 330 g/mol. The number of esters is 1. The first-order chi connectivity index (χ1) is 11.3. The van der Waals surface area contributed by atoms with Crippen LogP contribution in [-0.2, 0) is 14.8 Å². The lowest BCUT2D eigenvalue weighted by Gasteiger charge is -2.15. The van der Waals surface area contributed by atoms with Gasteiger partial charge in [-0.3, -0.25) is 4.72 Å². The molecule has 0 aromatic heterocycles. The molecule has 0 atom stereocenters. The number of nitrogens with one attached hydrogen (secondary N) is 1. The van der Waals surface area contributed by atoms with Gasteiger partial charge in [0, 0.05) is 5.69 Å². The smallest absolute Gasteiger partial charge is 0.337 e. The van der Waals surface area contributed by atoms with Gasteiger partial charge in [-0.25, -0.2) is 13.2 Å². The molecule has 0 aliphatic carbocycles. The fourth-order valence-electron chi connectivity index (χ4n) is 2.41. The number of carbonyl (C=O) groups is 1. The van der Waals surface area contributed by atoms with E-state index in [4.69, 9.17) is 4.74 Å². The number of carbonyl (C=O) groups excluding carboxylic acids is 1. The van der Waals surface area contributed by atoms with E-state index in [-0.39, 0.29) is 10.6 Å². The van der Waals surface area contributed by atoms with Crippen molar-refractivity contribution in [1.82, 2.24) is 0 Å². The number of ether oxygens (including phenoxy) is 2. The van der Waals surface area contributed by atoms with E-state index >= 15 is 0 Å². The second kappa shape index (κ2) is 6.92. The molecule has 0 saturated carbocycles. The van der Waals surface area contributed by atoms with Crippen LogP contribution in [0.1, 0.15) is 21.5 Å². The van der Waals surface area contributed by atoms with E-state index < -0.39 is 16.0 Å². The molecule has 2 aromatic carbocycles. The van der Waals surface area contributed by atoms with Gasteiger partial charge in [0.05, 0.1) is 19.8 Å². The van der Waals surface area contributed by atoms with E-state index in [1.807, 2.05) is 6.92 Å². The number of sulfonamides is 1. The number of hydrogen-bond donors (Lipinski definition) is 1. The summed E-state index contributed by atoms with van der Waals surface area (Å²) in [5.74, 6) is -0.202. The molecule has 1 N–H and O–H groups in total. The van der Waals surface area contributed by atoms with Crippen LogP contribution in [0.4, 0.5) is 5.69 Å². The third kappa shape index (κ3) is 3.68. The Morgan fingerprint density at radius 1 is 1.04 bits per heavy atom. The molecule has 0 aliphatic heterocycles. The Hall–Kier alpha value is -2.54. The molecular formula is C17H19NO5S. The molecule has 7 heteroatoms. The highest BCUT2D eigenvalue weighted by atomic mass is 32.2. The predicted molar refractivity (Wildman–Crippen MR) is 91.1 cm³/mol. The van der Waals surface area contributed by atoms with Gasteiger partial charge in [0.15, 0.2) is 0 Å². The van der Waals surface area contributed by atoms with Crippen molar-refractivity contribution in [3.8, 4) is 5.75 Å². The molecule has 2 aromatic rings. The zero-order valence-corrected chi connectivity index (χ0v) is 14.7. The molecule has 0 radical (unpaired) electrons. The van der Waals surface area contributed by atoms with Gasteiger partial charge >= 0.3 is 5.97 Å². The van der Waals surface area contributed by atoms with Gasteiger partial charge in [-0.1, -0.05) is 6.07 Å². The molecule has 6 nitrogen and oxygen atoms in total. The van der Waals surface area contributed by atoms with Gasteiger partial charge < -0.3 is 9.47 Å². The number of hydrogen-bond acceptors (Lipinski definition) is 5. The summed E-state index contributed by atoms with van der Waals surface area (Å²) >= 11 is 0.